The Hall–Kier alpha value is -1.62. The number of nitrogens with two attached hydrogens (primary N) is 1. The van der Waals surface area contributed by atoms with Crippen molar-refractivity contribution in [1.82, 2.24) is 9.88 Å². The van der Waals surface area contributed by atoms with E-state index in [1.807, 2.05) is 4.90 Å². The van der Waals surface area contributed by atoms with Crippen molar-refractivity contribution in [3.8, 4) is 0 Å². The molecule has 0 aliphatic rings. The van der Waals surface area contributed by atoms with Gasteiger partial charge in [-0.2, -0.15) is 0 Å². The van der Waals surface area contributed by atoms with E-state index < -0.39 is 0 Å². The van der Waals surface area contributed by atoms with Gasteiger partial charge in [0.2, 0.25) is 0 Å². The van der Waals surface area contributed by atoms with Gasteiger partial charge < -0.3 is 10.3 Å². The molecule has 5 nitrogen and oxygen atoms in total. The summed E-state index contributed by atoms with van der Waals surface area (Å²) in [5.41, 5.74) is 2.92. The molecule has 0 aromatic carbocycles. The SMILES string of the molecule is CC(C)CCN(CCC(C)C)C(=O)c1cccc(NN)n1. The van der Waals surface area contributed by atoms with Gasteiger partial charge in [0.15, 0.2) is 0 Å². The topological polar surface area (TPSA) is 71.2 Å². The number of anilines is 1. The summed E-state index contributed by atoms with van der Waals surface area (Å²) in [5.74, 6) is 6.99. The minimum Gasteiger partial charge on any atom is -0.337 e. The van der Waals surface area contributed by atoms with Crippen molar-refractivity contribution >= 4 is 11.7 Å². The first-order valence-corrected chi connectivity index (χ1v) is 7.67. The van der Waals surface area contributed by atoms with E-state index in [0.29, 0.717) is 23.3 Å². The molecule has 3 N–H and O–H groups in total. The van der Waals surface area contributed by atoms with Crippen molar-refractivity contribution in [2.45, 2.75) is 40.5 Å². The second-order valence-electron chi connectivity index (χ2n) is 6.21. The largest absolute Gasteiger partial charge is 0.337 e. The molecule has 0 aliphatic carbocycles. The maximum Gasteiger partial charge on any atom is 0.272 e. The second-order valence-corrected chi connectivity index (χ2v) is 6.21. The van der Waals surface area contributed by atoms with Crippen LogP contribution in [0, 0.1) is 11.8 Å². The van der Waals surface area contributed by atoms with Crippen molar-refractivity contribution in [2.24, 2.45) is 17.7 Å². The number of hydrogen-bond acceptors (Lipinski definition) is 4. The lowest BCUT2D eigenvalue weighted by Gasteiger charge is -2.24. The number of rotatable bonds is 8. The number of nitrogen functional groups attached to an aromatic ring is 1. The van der Waals surface area contributed by atoms with Crippen molar-refractivity contribution < 1.29 is 4.79 Å². The fraction of sp³-hybridized carbons (Fsp3) is 0.625. The lowest BCUT2D eigenvalue weighted by Crippen LogP contribution is -2.34. The van der Waals surface area contributed by atoms with Gasteiger partial charge in [0.1, 0.15) is 11.5 Å². The van der Waals surface area contributed by atoms with Crippen LogP contribution in [-0.4, -0.2) is 28.9 Å². The Kier molecular flexibility index (Phi) is 7.15. The van der Waals surface area contributed by atoms with Crippen LogP contribution in [0.3, 0.4) is 0 Å². The molecule has 0 spiro atoms. The van der Waals surface area contributed by atoms with E-state index in [-0.39, 0.29) is 5.91 Å². The summed E-state index contributed by atoms with van der Waals surface area (Å²) in [4.78, 5) is 18.8. The third kappa shape index (κ3) is 6.12. The molecule has 21 heavy (non-hydrogen) atoms. The first-order chi connectivity index (χ1) is 9.93. The molecule has 0 fully saturated rings. The molecule has 1 aromatic heterocycles. The number of nitrogens with one attached hydrogen (secondary N) is 1. The number of hydrazine groups is 1. The standard InChI is InChI=1S/C16H28N4O/c1-12(2)8-10-20(11-9-13(3)4)16(21)14-6-5-7-15(18-14)19-17/h5-7,12-13H,8-11,17H2,1-4H3,(H,18,19). The molecule has 1 amide bonds. The van der Waals surface area contributed by atoms with Gasteiger partial charge in [-0.3, -0.25) is 4.79 Å². The van der Waals surface area contributed by atoms with Gasteiger partial charge in [-0.15, -0.1) is 0 Å². The van der Waals surface area contributed by atoms with Gasteiger partial charge in [0, 0.05) is 13.1 Å². The van der Waals surface area contributed by atoms with Crippen LogP contribution in [0.1, 0.15) is 51.0 Å². The van der Waals surface area contributed by atoms with Crippen LogP contribution in [-0.2, 0) is 0 Å². The minimum atomic E-state index is -0.0200. The van der Waals surface area contributed by atoms with E-state index in [1.165, 1.54) is 0 Å². The second kappa shape index (κ2) is 8.62. The smallest absolute Gasteiger partial charge is 0.272 e. The van der Waals surface area contributed by atoms with Gasteiger partial charge in [-0.05, 0) is 36.8 Å². The highest BCUT2D eigenvalue weighted by Crippen LogP contribution is 2.11. The zero-order valence-electron chi connectivity index (χ0n) is 13.6. The molecule has 1 rings (SSSR count). The third-order valence-electron chi connectivity index (χ3n) is 3.36. The normalized spacial score (nSPS) is 11.0. The molecule has 0 bridgehead atoms. The monoisotopic (exact) mass is 292 g/mol. The van der Waals surface area contributed by atoms with Crippen LogP contribution in [0.15, 0.2) is 18.2 Å². The molecule has 0 saturated carbocycles. The van der Waals surface area contributed by atoms with Crippen molar-refractivity contribution in [3.63, 3.8) is 0 Å². The Bertz CT molecular complexity index is 434. The fourth-order valence-electron chi connectivity index (χ4n) is 1.94. The average molecular weight is 292 g/mol. The van der Waals surface area contributed by atoms with Crippen LogP contribution < -0.4 is 11.3 Å². The molecule has 0 saturated heterocycles. The van der Waals surface area contributed by atoms with E-state index in [2.05, 4.69) is 38.1 Å². The number of pyridine rings is 1. The van der Waals surface area contributed by atoms with Crippen LogP contribution in [0.4, 0.5) is 5.82 Å². The Morgan fingerprint density at radius 3 is 2.24 bits per heavy atom. The van der Waals surface area contributed by atoms with Gasteiger partial charge in [-0.1, -0.05) is 33.8 Å². The summed E-state index contributed by atoms with van der Waals surface area (Å²) in [6.07, 6.45) is 2.00. The van der Waals surface area contributed by atoms with Crippen LogP contribution in [0.2, 0.25) is 0 Å². The van der Waals surface area contributed by atoms with Crippen LogP contribution >= 0.6 is 0 Å². The highest BCUT2D eigenvalue weighted by Gasteiger charge is 2.17. The molecule has 118 valence electrons. The highest BCUT2D eigenvalue weighted by atomic mass is 16.2. The maximum absolute atomic E-state index is 12.6. The molecule has 0 radical (unpaired) electrons. The number of aromatic nitrogens is 1. The Morgan fingerprint density at radius 1 is 1.19 bits per heavy atom. The zero-order chi connectivity index (χ0) is 15.8. The van der Waals surface area contributed by atoms with Crippen molar-refractivity contribution in [3.05, 3.63) is 23.9 Å². The lowest BCUT2D eigenvalue weighted by atomic mass is 10.1. The predicted molar refractivity (Wildman–Crippen MR) is 86.9 cm³/mol. The van der Waals surface area contributed by atoms with Crippen molar-refractivity contribution in [1.29, 1.82) is 0 Å². The van der Waals surface area contributed by atoms with Crippen LogP contribution in [0.5, 0.6) is 0 Å². The van der Waals surface area contributed by atoms with E-state index in [4.69, 9.17) is 5.84 Å². The summed E-state index contributed by atoms with van der Waals surface area (Å²) in [6.45, 7) is 10.2. The quantitative estimate of drug-likeness (QED) is 0.571. The fourth-order valence-corrected chi connectivity index (χ4v) is 1.94. The summed E-state index contributed by atoms with van der Waals surface area (Å²) in [5, 5.41) is 0. The molecule has 0 unspecified atom stereocenters. The molecular weight excluding hydrogens is 264 g/mol. The summed E-state index contributed by atoms with van der Waals surface area (Å²) in [7, 11) is 0. The van der Waals surface area contributed by atoms with Gasteiger partial charge in [0.05, 0.1) is 0 Å². The molecule has 0 aliphatic heterocycles. The first kappa shape index (κ1) is 17.4. The zero-order valence-corrected chi connectivity index (χ0v) is 13.6. The summed E-state index contributed by atoms with van der Waals surface area (Å²) >= 11 is 0. The van der Waals surface area contributed by atoms with Crippen LogP contribution in [0.25, 0.3) is 0 Å². The van der Waals surface area contributed by atoms with Gasteiger partial charge in [-0.25, -0.2) is 10.8 Å². The lowest BCUT2D eigenvalue weighted by molar-refractivity contribution is 0.0735. The van der Waals surface area contributed by atoms with E-state index in [0.717, 1.165) is 25.9 Å². The number of carbonyl (C=O) groups excluding carboxylic acids is 1. The summed E-state index contributed by atoms with van der Waals surface area (Å²) < 4.78 is 0. The predicted octanol–water partition coefficient (Wildman–Crippen LogP) is 2.90. The Balaban J connectivity index is 2.81. The molecular formula is C16H28N4O. The summed E-state index contributed by atoms with van der Waals surface area (Å²) in [6, 6.07) is 5.27. The van der Waals surface area contributed by atoms with Gasteiger partial charge in [0.25, 0.3) is 5.91 Å². The maximum atomic E-state index is 12.6. The molecule has 1 heterocycles. The minimum absolute atomic E-state index is 0.0200. The Labute approximate surface area is 127 Å². The highest BCUT2D eigenvalue weighted by molar-refractivity contribution is 5.92. The number of hydrogen-bond donors (Lipinski definition) is 2. The average Bonchev–Trinajstić information content (AvgIpc) is 2.46. The van der Waals surface area contributed by atoms with Gasteiger partial charge >= 0.3 is 0 Å². The molecule has 1 aromatic rings. The van der Waals surface area contributed by atoms with Crippen molar-refractivity contribution in [2.75, 3.05) is 18.5 Å². The Morgan fingerprint density at radius 2 is 1.76 bits per heavy atom. The van der Waals surface area contributed by atoms with E-state index >= 15 is 0 Å². The third-order valence-corrected chi connectivity index (χ3v) is 3.36. The number of amides is 1. The number of carbonyl (C=O) groups is 1. The molecule has 5 heteroatoms. The van der Waals surface area contributed by atoms with E-state index in [1.54, 1.807) is 18.2 Å². The first-order valence-electron chi connectivity index (χ1n) is 7.67. The number of nitrogens with zero attached hydrogens (tertiary/aromatic N) is 2. The van der Waals surface area contributed by atoms with E-state index in [9.17, 15) is 4.79 Å². The molecule has 0 atom stereocenters.